The Labute approximate surface area is 163 Å². The fourth-order valence-electron chi connectivity index (χ4n) is 3.88. The lowest BCUT2D eigenvalue weighted by atomic mass is 9.79. The molecule has 0 aliphatic carbocycles. The van der Waals surface area contributed by atoms with Crippen LogP contribution in [0.1, 0.15) is 36.3 Å². The second-order valence-electron chi connectivity index (χ2n) is 8.05. The van der Waals surface area contributed by atoms with Crippen molar-refractivity contribution in [3.8, 4) is 10.6 Å². The van der Waals surface area contributed by atoms with Crippen molar-refractivity contribution in [2.24, 2.45) is 18.2 Å². The first-order valence-electron chi connectivity index (χ1n) is 9.21. The summed E-state index contributed by atoms with van der Waals surface area (Å²) < 4.78 is 1.76. The van der Waals surface area contributed by atoms with Crippen LogP contribution < -0.4 is 5.73 Å². The maximum absolute atomic E-state index is 13.5. The molecule has 6 nitrogen and oxygen atoms in total. The zero-order valence-electron chi connectivity index (χ0n) is 16.2. The van der Waals surface area contributed by atoms with Crippen LogP contribution in [0, 0.1) is 12.3 Å². The number of fused-ring (bicyclic) bond motifs is 1. The lowest BCUT2D eigenvalue weighted by Crippen LogP contribution is -2.54. The summed E-state index contributed by atoms with van der Waals surface area (Å²) in [6, 6.07) is 6.06. The Kier molecular flexibility index (Phi) is 4.31. The summed E-state index contributed by atoms with van der Waals surface area (Å²) in [6.45, 7) is 7.53. The summed E-state index contributed by atoms with van der Waals surface area (Å²) in [5.74, 6) is 0.0382. The fourth-order valence-corrected chi connectivity index (χ4v) is 4.57. The van der Waals surface area contributed by atoms with E-state index in [4.69, 9.17) is 10.7 Å². The molecule has 7 heteroatoms. The third-order valence-electron chi connectivity index (χ3n) is 5.57. The van der Waals surface area contributed by atoms with Gasteiger partial charge in [0.25, 0.3) is 5.91 Å². The van der Waals surface area contributed by atoms with Gasteiger partial charge >= 0.3 is 0 Å². The van der Waals surface area contributed by atoms with Gasteiger partial charge in [-0.2, -0.15) is 5.10 Å². The molecule has 0 spiro atoms. The first kappa shape index (κ1) is 18.1. The lowest BCUT2D eigenvalue weighted by molar-refractivity contribution is 0.0535. The van der Waals surface area contributed by atoms with Crippen molar-refractivity contribution < 1.29 is 4.79 Å². The molecular formula is C20H25N5OS. The Morgan fingerprint density at radius 3 is 2.85 bits per heavy atom. The van der Waals surface area contributed by atoms with Crippen LogP contribution in [0.2, 0.25) is 0 Å². The molecule has 3 aromatic heterocycles. The third-order valence-corrected chi connectivity index (χ3v) is 6.46. The van der Waals surface area contributed by atoms with Crippen LogP contribution in [0.3, 0.4) is 0 Å². The Hall–Kier alpha value is -2.25. The number of nitrogens with zero attached hydrogens (tertiary/aromatic N) is 4. The molecule has 1 saturated heterocycles. The van der Waals surface area contributed by atoms with E-state index in [2.05, 4.69) is 18.9 Å². The minimum absolute atomic E-state index is 0.0382. The molecule has 3 aromatic rings. The van der Waals surface area contributed by atoms with Crippen molar-refractivity contribution in [3.63, 3.8) is 0 Å². The monoisotopic (exact) mass is 383 g/mol. The average Bonchev–Trinajstić information content (AvgIpc) is 3.25. The Morgan fingerprint density at radius 2 is 2.19 bits per heavy atom. The molecule has 4 rings (SSSR count). The molecular weight excluding hydrogens is 358 g/mol. The number of hydrogen-bond donors (Lipinski definition) is 1. The van der Waals surface area contributed by atoms with Gasteiger partial charge in [-0.25, -0.2) is 4.98 Å². The second kappa shape index (κ2) is 6.42. The molecule has 1 atom stereocenters. The van der Waals surface area contributed by atoms with Gasteiger partial charge in [0.1, 0.15) is 0 Å². The molecule has 27 heavy (non-hydrogen) atoms. The topological polar surface area (TPSA) is 77.0 Å². The van der Waals surface area contributed by atoms with Crippen molar-refractivity contribution in [1.82, 2.24) is 19.7 Å². The molecule has 0 aromatic carbocycles. The summed E-state index contributed by atoms with van der Waals surface area (Å²) in [5, 5.41) is 7.37. The summed E-state index contributed by atoms with van der Waals surface area (Å²) >= 11 is 1.62. The molecule has 1 aliphatic rings. The molecule has 1 aliphatic heterocycles. The molecule has 1 unspecified atom stereocenters. The van der Waals surface area contributed by atoms with Gasteiger partial charge in [0.05, 0.1) is 27.2 Å². The summed E-state index contributed by atoms with van der Waals surface area (Å²) in [6.07, 6.45) is 0.816. The van der Waals surface area contributed by atoms with Crippen molar-refractivity contribution in [1.29, 1.82) is 0 Å². The largest absolute Gasteiger partial charge is 0.338 e. The van der Waals surface area contributed by atoms with E-state index in [-0.39, 0.29) is 17.4 Å². The number of pyridine rings is 1. The van der Waals surface area contributed by atoms with Gasteiger partial charge in [-0.05, 0) is 36.3 Å². The maximum Gasteiger partial charge on any atom is 0.254 e. The Morgan fingerprint density at radius 1 is 1.41 bits per heavy atom. The lowest BCUT2D eigenvalue weighted by Gasteiger charge is -2.42. The minimum Gasteiger partial charge on any atom is -0.338 e. The fraction of sp³-hybridized carbons (Fsp3) is 0.450. The molecule has 1 amide bonds. The van der Waals surface area contributed by atoms with Crippen molar-refractivity contribution >= 4 is 28.3 Å². The number of amides is 1. The number of rotatable bonds is 2. The van der Waals surface area contributed by atoms with E-state index < -0.39 is 0 Å². The number of hydrogen-bond acceptors (Lipinski definition) is 5. The number of carbonyl (C=O) groups excluding carboxylic acids is 1. The molecule has 0 saturated carbocycles. The summed E-state index contributed by atoms with van der Waals surface area (Å²) in [5.41, 5.74) is 9.23. The average molecular weight is 384 g/mol. The SMILES string of the molecule is Cc1nn(C)c2nc(-c3cccs3)cc(C(=O)N3CCC(N)C(C)(C)C3)c12. The number of aryl methyl sites for hydroxylation is 2. The zero-order valence-corrected chi connectivity index (χ0v) is 17.0. The number of piperidine rings is 1. The van der Waals surface area contributed by atoms with Gasteiger partial charge in [0.2, 0.25) is 0 Å². The quantitative estimate of drug-likeness (QED) is 0.737. The van der Waals surface area contributed by atoms with Gasteiger partial charge in [-0.15, -0.1) is 11.3 Å². The van der Waals surface area contributed by atoms with E-state index in [0.717, 1.165) is 33.7 Å². The normalized spacial score (nSPS) is 19.6. The van der Waals surface area contributed by atoms with Gasteiger partial charge in [0.15, 0.2) is 5.65 Å². The highest BCUT2D eigenvalue weighted by atomic mass is 32.1. The number of aromatic nitrogens is 3. The number of thiophene rings is 1. The predicted molar refractivity (Wildman–Crippen MR) is 109 cm³/mol. The molecule has 142 valence electrons. The first-order chi connectivity index (χ1) is 12.8. The van der Waals surface area contributed by atoms with Crippen LogP contribution in [0.25, 0.3) is 21.6 Å². The second-order valence-corrected chi connectivity index (χ2v) is 9.00. The van der Waals surface area contributed by atoms with Crippen LogP contribution in [-0.2, 0) is 7.05 Å². The highest BCUT2D eigenvalue weighted by molar-refractivity contribution is 7.13. The van der Waals surface area contributed by atoms with E-state index in [0.29, 0.717) is 18.7 Å². The Bertz CT molecular complexity index is 1010. The van der Waals surface area contributed by atoms with Crippen molar-refractivity contribution in [2.75, 3.05) is 13.1 Å². The molecule has 0 bridgehead atoms. The van der Waals surface area contributed by atoms with Crippen molar-refractivity contribution in [2.45, 2.75) is 33.2 Å². The first-order valence-corrected chi connectivity index (χ1v) is 10.1. The molecule has 2 N–H and O–H groups in total. The van der Waals surface area contributed by atoms with E-state index in [1.54, 1.807) is 16.0 Å². The van der Waals surface area contributed by atoms with Crippen LogP contribution in [0.5, 0.6) is 0 Å². The van der Waals surface area contributed by atoms with Gasteiger partial charge in [-0.3, -0.25) is 9.48 Å². The van der Waals surface area contributed by atoms with Gasteiger partial charge in [0, 0.05) is 26.2 Å². The predicted octanol–water partition coefficient (Wildman–Crippen LogP) is 3.20. The van der Waals surface area contributed by atoms with Crippen LogP contribution in [0.4, 0.5) is 0 Å². The van der Waals surface area contributed by atoms with Crippen LogP contribution in [-0.4, -0.2) is 44.7 Å². The standard InChI is InChI=1S/C20H25N5OS/c1-12-17-13(19(26)25-8-7-16(21)20(2,3)11-25)10-14(15-6-5-9-27-15)22-18(17)24(4)23-12/h5-6,9-10,16H,7-8,11,21H2,1-4H3. The third kappa shape index (κ3) is 3.04. The smallest absolute Gasteiger partial charge is 0.254 e. The minimum atomic E-state index is -0.0966. The highest BCUT2D eigenvalue weighted by Gasteiger charge is 2.36. The zero-order chi connectivity index (χ0) is 19.3. The molecule has 1 fully saturated rings. The number of likely N-dealkylation sites (tertiary alicyclic amines) is 1. The maximum atomic E-state index is 13.5. The number of nitrogens with two attached hydrogens (primary N) is 1. The Balaban J connectivity index is 1.84. The summed E-state index contributed by atoms with van der Waals surface area (Å²) in [4.78, 5) is 21.3. The van der Waals surface area contributed by atoms with Crippen molar-refractivity contribution in [3.05, 3.63) is 34.8 Å². The molecule has 4 heterocycles. The highest BCUT2D eigenvalue weighted by Crippen LogP contribution is 2.32. The number of carbonyl (C=O) groups is 1. The molecule has 0 radical (unpaired) electrons. The van der Waals surface area contributed by atoms with Crippen LogP contribution in [0.15, 0.2) is 23.6 Å². The van der Waals surface area contributed by atoms with E-state index in [9.17, 15) is 4.79 Å². The van der Waals surface area contributed by atoms with E-state index in [1.807, 2.05) is 42.5 Å². The summed E-state index contributed by atoms with van der Waals surface area (Å²) in [7, 11) is 1.87. The van der Waals surface area contributed by atoms with E-state index >= 15 is 0 Å². The van der Waals surface area contributed by atoms with Crippen LogP contribution >= 0.6 is 11.3 Å². The van der Waals surface area contributed by atoms with Gasteiger partial charge in [-0.1, -0.05) is 19.9 Å². The van der Waals surface area contributed by atoms with E-state index in [1.165, 1.54) is 0 Å². The van der Waals surface area contributed by atoms with Gasteiger partial charge < -0.3 is 10.6 Å².